The molecule has 0 aliphatic heterocycles. The van der Waals surface area contributed by atoms with E-state index in [-0.39, 0.29) is 36.2 Å². The number of halogens is 1. The standard InChI is InChI=1S/C13H26N2O2.ClH/c1-3-9(2)12(16)8-15-13(17)10-5-4-6-11(14)7-10;/h9-12,16H,3-8,14H2,1-2H3,(H,15,17);1H. The third-order valence-electron chi connectivity index (χ3n) is 3.87. The molecule has 4 nitrogen and oxygen atoms in total. The second-order valence-electron chi connectivity index (χ2n) is 5.32. The summed E-state index contributed by atoms with van der Waals surface area (Å²) in [5.41, 5.74) is 5.86. The van der Waals surface area contributed by atoms with E-state index in [2.05, 4.69) is 5.32 Å². The van der Waals surface area contributed by atoms with Gasteiger partial charge in [0.05, 0.1) is 6.10 Å². The molecule has 5 heteroatoms. The highest BCUT2D eigenvalue weighted by molar-refractivity contribution is 5.85. The number of aliphatic hydroxyl groups is 1. The van der Waals surface area contributed by atoms with Crippen molar-refractivity contribution in [3.63, 3.8) is 0 Å². The van der Waals surface area contributed by atoms with Crippen LogP contribution in [0.15, 0.2) is 0 Å². The predicted octanol–water partition coefficient (Wildman–Crippen LogP) is 1.45. The first-order chi connectivity index (χ1) is 8.04. The number of rotatable bonds is 5. The second kappa shape index (κ2) is 8.73. The van der Waals surface area contributed by atoms with Crippen molar-refractivity contribution in [1.29, 1.82) is 0 Å². The van der Waals surface area contributed by atoms with E-state index in [1.165, 1.54) is 0 Å². The van der Waals surface area contributed by atoms with Crippen molar-refractivity contribution in [3.8, 4) is 0 Å². The molecule has 1 rings (SSSR count). The van der Waals surface area contributed by atoms with Gasteiger partial charge in [-0.3, -0.25) is 4.79 Å². The Hall–Kier alpha value is -0.320. The third kappa shape index (κ3) is 5.55. The summed E-state index contributed by atoms with van der Waals surface area (Å²) in [6, 6.07) is 0.166. The lowest BCUT2D eigenvalue weighted by Crippen LogP contribution is -2.41. The molecule has 0 heterocycles. The van der Waals surface area contributed by atoms with Crippen LogP contribution in [0.1, 0.15) is 46.0 Å². The lowest BCUT2D eigenvalue weighted by atomic mass is 9.85. The molecule has 18 heavy (non-hydrogen) atoms. The largest absolute Gasteiger partial charge is 0.391 e. The van der Waals surface area contributed by atoms with Crippen molar-refractivity contribution < 1.29 is 9.90 Å². The fraction of sp³-hybridized carbons (Fsp3) is 0.923. The maximum atomic E-state index is 11.9. The van der Waals surface area contributed by atoms with Gasteiger partial charge < -0.3 is 16.2 Å². The maximum Gasteiger partial charge on any atom is 0.223 e. The van der Waals surface area contributed by atoms with Gasteiger partial charge in [0, 0.05) is 18.5 Å². The normalized spacial score (nSPS) is 26.9. The van der Waals surface area contributed by atoms with Gasteiger partial charge in [-0.15, -0.1) is 12.4 Å². The zero-order valence-electron chi connectivity index (χ0n) is 11.4. The summed E-state index contributed by atoms with van der Waals surface area (Å²) >= 11 is 0. The Bertz CT molecular complexity index is 251. The van der Waals surface area contributed by atoms with Crippen LogP contribution in [0, 0.1) is 11.8 Å². The minimum atomic E-state index is -0.443. The molecular formula is C13H27ClN2O2. The van der Waals surface area contributed by atoms with Crippen molar-refractivity contribution in [3.05, 3.63) is 0 Å². The lowest BCUT2D eigenvalue weighted by molar-refractivity contribution is -0.126. The zero-order chi connectivity index (χ0) is 12.8. The Morgan fingerprint density at radius 2 is 2.17 bits per heavy atom. The summed E-state index contributed by atoms with van der Waals surface area (Å²) in [4.78, 5) is 11.9. The van der Waals surface area contributed by atoms with Gasteiger partial charge in [-0.25, -0.2) is 0 Å². The number of aliphatic hydroxyl groups excluding tert-OH is 1. The molecule has 4 unspecified atom stereocenters. The fourth-order valence-electron chi connectivity index (χ4n) is 2.29. The first-order valence-corrected chi connectivity index (χ1v) is 6.76. The quantitative estimate of drug-likeness (QED) is 0.712. The van der Waals surface area contributed by atoms with E-state index in [9.17, 15) is 9.90 Å². The molecule has 1 saturated carbocycles. The number of amides is 1. The van der Waals surface area contributed by atoms with Crippen LogP contribution in [-0.4, -0.2) is 29.7 Å². The molecule has 0 bridgehead atoms. The number of hydrogen-bond acceptors (Lipinski definition) is 3. The molecule has 0 aromatic rings. The first-order valence-electron chi connectivity index (χ1n) is 6.76. The Morgan fingerprint density at radius 3 is 2.72 bits per heavy atom. The van der Waals surface area contributed by atoms with Crippen LogP contribution < -0.4 is 11.1 Å². The third-order valence-corrected chi connectivity index (χ3v) is 3.87. The summed E-state index contributed by atoms with van der Waals surface area (Å²) < 4.78 is 0. The molecule has 0 radical (unpaired) electrons. The van der Waals surface area contributed by atoms with E-state index in [1.54, 1.807) is 0 Å². The summed E-state index contributed by atoms with van der Waals surface area (Å²) in [7, 11) is 0. The van der Waals surface area contributed by atoms with Crippen LogP contribution in [0.3, 0.4) is 0 Å². The van der Waals surface area contributed by atoms with Crippen LogP contribution >= 0.6 is 12.4 Å². The average Bonchev–Trinajstić information content (AvgIpc) is 2.34. The molecule has 1 aliphatic rings. The summed E-state index contributed by atoms with van der Waals surface area (Å²) in [6.45, 7) is 4.39. The molecule has 0 aromatic heterocycles. The number of carbonyl (C=O) groups excluding carboxylic acids is 1. The highest BCUT2D eigenvalue weighted by atomic mass is 35.5. The van der Waals surface area contributed by atoms with Crippen LogP contribution in [0.4, 0.5) is 0 Å². The van der Waals surface area contributed by atoms with E-state index in [0.717, 1.165) is 32.1 Å². The van der Waals surface area contributed by atoms with Gasteiger partial charge in [0.1, 0.15) is 0 Å². The Labute approximate surface area is 116 Å². The molecule has 1 aliphatic carbocycles. The number of carbonyl (C=O) groups is 1. The lowest BCUT2D eigenvalue weighted by Gasteiger charge is -2.26. The number of nitrogens with two attached hydrogens (primary N) is 1. The molecule has 0 spiro atoms. The van der Waals surface area contributed by atoms with Crippen molar-refractivity contribution >= 4 is 18.3 Å². The van der Waals surface area contributed by atoms with Gasteiger partial charge in [0.25, 0.3) is 0 Å². The van der Waals surface area contributed by atoms with Crippen molar-refractivity contribution in [2.75, 3.05) is 6.54 Å². The van der Waals surface area contributed by atoms with Crippen LogP contribution in [0.25, 0.3) is 0 Å². The Morgan fingerprint density at radius 1 is 1.50 bits per heavy atom. The maximum absolute atomic E-state index is 11.9. The SMILES string of the molecule is CCC(C)C(O)CNC(=O)C1CCCC(N)C1.Cl. The molecule has 1 amide bonds. The van der Waals surface area contributed by atoms with E-state index in [0.29, 0.717) is 6.54 Å². The Balaban J connectivity index is 0.00000289. The van der Waals surface area contributed by atoms with E-state index in [4.69, 9.17) is 5.73 Å². The monoisotopic (exact) mass is 278 g/mol. The minimum Gasteiger partial charge on any atom is -0.391 e. The molecule has 4 N–H and O–H groups in total. The molecule has 4 atom stereocenters. The van der Waals surface area contributed by atoms with E-state index >= 15 is 0 Å². The van der Waals surface area contributed by atoms with Gasteiger partial charge in [-0.1, -0.05) is 26.7 Å². The van der Waals surface area contributed by atoms with Gasteiger partial charge in [-0.05, 0) is 25.2 Å². The minimum absolute atomic E-state index is 0. The zero-order valence-corrected chi connectivity index (χ0v) is 12.2. The Kier molecular flexibility index (Phi) is 8.57. The summed E-state index contributed by atoms with van der Waals surface area (Å²) in [6.07, 6.45) is 4.25. The highest BCUT2D eigenvalue weighted by Gasteiger charge is 2.25. The number of hydrogen-bond donors (Lipinski definition) is 3. The van der Waals surface area contributed by atoms with E-state index < -0.39 is 6.10 Å². The van der Waals surface area contributed by atoms with Gasteiger partial charge in [-0.2, -0.15) is 0 Å². The summed E-state index contributed by atoms with van der Waals surface area (Å²) in [5, 5.41) is 12.6. The fourth-order valence-corrected chi connectivity index (χ4v) is 2.29. The molecular weight excluding hydrogens is 252 g/mol. The second-order valence-corrected chi connectivity index (χ2v) is 5.32. The van der Waals surface area contributed by atoms with Gasteiger partial charge >= 0.3 is 0 Å². The van der Waals surface area contributed by atoms with E-state index in [1.807, 2.05) is 13.8 Å². The predicted molar refractivity (Wildman–Crippen MR) is 75.7 cm³/mol. The highest BCUT2D eigenvalue weighted by Crippen LogP contribution is 2.23. The van der Waals surface area contributed by atoms with Gasteiger partial charge in [0.2, 0.25) is 5.91 Å². The summed E-state index contributed by atoms with van der Waals surface area (Å²) in [5.74, 6) is 0.328. The van der Waals surface area contributed by atoms with Crippen LogP contribution in [0.2, 0.25) is 0 Å². The van der Waals surface area contributed by atoms with Crippen LogP contribution in [-0.2, 0) is 4.79 Å². The average molecular weight is 279 g/mol. The first kappa shape index (κ1) is 17.7. The van der Waals surface area contributed by atoms with Crippen molar-refractivity contribution in [2.24, 2.45) is 17.6 Å². The topological polar surface area (TPSA) is 75.3 Å². The van der Waals surface area contributed by atoms with Crippen molar-refractivity contribution in [2.45, 2.75) is 58.1 Å². The molecule has 0 saturated heterocycles. The van der Waals surface area contributed by atoms with Crippen molar-refractivity contribution in [1.82, 2.24) is 5.32 Å². The van der Waals surface area contributed by atoms with Gasteiger partial charge in [0.15, 0.2) is 0 Å². The molecule has 108 valence electrons. The molecule has 1 fully saturated rings. The smallest absolute Gasteiger partial charge is 0.223 e. The molecule has 0 aromatic carbocycles. The van der Waals surface area contributed by atoms with Crippen LogP contribution in [0.5, 0.6) is 0 Å². The number of nitrogens with one attached hydrogen (secondary N) is 1.